The molecule has 2 aromatic rings. The second-order valence-corrected chi connectivity index (χ2v) is 4.86. The first-order valence-corrected chi connectivity index (χ1v) is 7.02. The maximum absolute atomic E-state index is 11.9. The molecule has 0 spiro atoms. The predicted octanol–water partition coefficient (Wildman–Crippen LogP) is 3.31. The summed E-state index contributed by atoms with van der Waals surface area (Å²) in [6.45, 7) is 2.37. The molecule has 2 aromatic carbocycles. The first-order valence-electron chi connectivity index (χ1n) is 7.02. The molecular formula is C17H16F3NO4. The van der Waals surface area contributed by atoms with Crippen molar-refractivity contribution in [2.45, 2.75) is 19.6 Å². The van der Waals surface area contributed by atoms with Crippen LogP contribution >= 0.6 is 0 Å². The summed E-state index contributed by atoms with van der Waals surface area (Å²) in [6.07, 6.45) is -5.08. The zero-order chi connectivity index (χ0) is 19.0. The van der Waals surface area contributed by atoms with Gasteiger partial charge >= 0.3 is 18.1 Å². The van der Waals surface area contributed by atoms with E-state index in [-0.39, 0.29) is 5.97 Å². The number of aliphatic carboxylic acids is 1. The Balaban J connectivity index is 0.000000381. The van der Waals surface area contributed by atoms with Crippen molar-refractivity contribution in [3.8, 4) is 5.75 Å². The van der Waals surface area contributed by atoms with E-state index in [1.165, 1.54) is 0 Å². The summed E-state index contributed by atoms with van der Waals surface area (Å²) < 4.78 is 37.1. The second-order valence-electron chi connectivity index (χ2n) is 4.86. The minimum Gasteiger partial charge on any atom is -0.475 e. The molecule has 3 N–H and O–H groups in total. The van der Waals surface area contributed by atoms with Crippen LogP contribution in [-0.2, 0) is 11.3 Å². The number of alkyl halides is 3. The molecule has 25 heavy (non-hydrogen) atoms. The topological polar surface area (TPSA) is 89.6 Å². The number of nitrogens with two attached hydrogens (primary N) is 1. The van der Waals surface area contributed by atoms with Crippen molar-refractivity contribution >= 4 is 11.9 Å². The molecule has 0 unspecified atom stereocenters. The number of halogens is 3. The highest BCUT2D eigenvalue weighted by Crippen LogP contribution is 2.18. The van der Waals surface area contributed by atoms with Crippen LogP contribution in [0.4, 0.5) is 13.2 Å². The fraction of sp³-hybridized carbons (Fsp3) is 0.176. The van der Waals surface area contributed by atoms with E-state index in [2.05, 4.69) is 0 Å². The summed E-state index contributed by atoms with van der Waals surface area (Å²) in [4.78, 5) is 20.8. The molecule has 0 aliphatic heterocycles. The summed E-state index contributed by atoms with van der Waals surface area (Å²) in [5.41, 5.74) is 7.95. The lowest BCUT2D eigenvalue weighted by Gasteiger charge is -2.07. The van der Waals surface area contributed by atoms with E-state index in [9.17, 15) is 18.0 Å². The van der Waals surface area contributed by atoms with Gasteiger partial charge in [-0.2, -0.15) is 13.2 Å². The summed E-state index contributed by atoms with van der Waals surface area (Å²) in [7, 11) is 0. The molecule has 0 heterocycles. The molecule has 0 aliphatic carbocycles. The van der Waals surface area contributed by atoms with Gasteiger partial charge in [-0.05, 0) is 36.2 Å². The van der Waals surface area contributed by atoms with Crippen LogP contribution in [0.15, 0.2) is 48.5 Å². The lowest BCUT2D eigenvalue weighted by atomic mass is 10.1. The zero-order valence-corrected chi connectivity index (χ0v) is 13.2. The quantitative estimate of drug-likeness (QED) is 0.651. The normalized spacial score (nSPS) is 10.4. The maximum Gasteiger partial charge on any atom is 0.490 e. The number of carbonyl (C=O) groups excluding carboxylic acids is 1. The number of carboxylic acid groups (broad SMARTS) is 1. The monoisotopic (exact) mass is 355 g/mol. The minimum absolute atomic E-state index is 0.354. The standard InChI is InChI=1S/C15H15NO2.C2HF3O2/c1-11-4-2-3-5-14(11)18-15(17)13-8-6-12(10-16)7-9-13;3-2(4,5)1(6)7/h2-9H,10,16H2,1H3;(H,6,7). The van der Waals surface area contributed by atoms with Crippen LogP contribution in [0.3, 0.4) is 0 Å². The largest absolute Gasteiger partial charge is 0.490 e. The van der Waals surface area contributed by atoms with Gasteiger partial charge in [-0.1, -0.05) is 30.3 Å². The van der Waals surface area contributed by atoms with Crippen molar-refractivity contribution in [2.75, 3.05) is 0 Å². The smallest absolute Gasteiger partial charge is 0.475 e. The van der Waals surface area contributed by atoms with Crippen LogP contribution in [-0.4, -0.2) is 23.2 Å². The molecule has 2 rings (SSSR count). The highest BCUT2D eigenvalue weighted by molar-refractivity contribution is 5.91. The maximum atomic E-state index is 11.9. The molecule has 0 aromatic heterocycles. The number of ether oxygens (including phenoxy) is 1. The second kappa shape index (κ2) is 8.84. The van der Waals surface area contributed by atoms with Crippen molar-refractivity contribution < 1.29 is 32.6 Å². The van der Waals surface area contributed by atoms with Crippen molar-refractivity contribution in [2.24, 2.45) is 5.73 Å². The molecule has 0 fully saturated rings. The predicted molar refractivity (Wildman–Crippen MR) is 84.2 cm³/mol. The molecule has 8 heteroatoms. The zero-order valence-electron chi connectivity index (χ0n) is 13.2. The van der Waals surface area contributed by atoms with Crippen LogP contribution in [0, 0.1) is 6.92 Å². The van der Waals surface area contributed by atoms with E-state index < -0.39 is 12.1 Å². The number of hydrogen-bond donors (Lipinski definition) is 2. The summed E-state index contributed by atoms with van der Waals surface area (Å²) >= 11 is 0. The molecule has 0 saturated carbocycles. The van der Waals surface area contributed by atoms with E-state index in [1.807, 2.05) is 37.3 Å². The Hall–Kier alpha value is -2.87. The summed E-state index contributed by atoms with van der Waals surface area (Å²) in [5.74, 6) is -2.52. The summed E-state index contributed by atoms with van der Waals surface area (Å²) in [6, 6.07) is 14.5. The fourth-order valence-corrected chi connectivity index (χ4v) is 1.61. The Labute approximate surface area is 141 Å². The van der Waals surface area contributed by atoms with Gasteiger partial charge in [0.1, 0.15) is 5.75 Å². The molecule has 0 amide bonds. The van der Waals surface area contributed by atoms with Crippen molar-refractivity contribution in [3.05, 3.63) is 65.2 Å². The van der Waals surface area contributed by atoms with Crippen LogP contribution in [0.1, 0.15) is 21.5 Å². The number of rotatable bonds is 3. The number of hydrogen-bond acceptors (Lipinski definition) is 4. The van der Waals surface area contributed by atoms with E-state index in [0.717, 1.165) is 11.1 Å². The molecule has 0 radical (unpaired) electrons. The highest BCUT2D eigenvalue weighted by Gasteiger charge is 2.38. The number of aryl methyl sites for hydroxylation is 1. The van der Waals surface area contributed by atoms with E-state index in [1.54, 1.807) is 18.2 Å². The number of carbonyl (C=O) groups is 2. The van der Waals surface area contributed by atoms with Gasteiger partial charge in [0.25, 0.3) is 0 Å². The Kier molecular flexibility index (Phi) is 7.13. The van der Waals surface area contributed by atoms with Gasteiger partial charge in [0.05, 0.1) is 5.56 Å². The van der Waals surface area contributed by atoms with Crippen LogP contribution in [0.2, 0.25) is 0 Å². The van der Waals surface area contributed by atoms with Gasteiger partial charge < -0.3 is 15.6 Å². The first kappa shape index (κ1) is 20.2. The molecule has 0 bridgehead atoms. The van der Waals surface area contributed by atoms with Crippen molar-refractivity contribution in [3.63, 3.8) is 0 Å². The van der Waals surface area contributed by atoms with Gasteiger partial charge in [-0.15, -0.1) is 0 Å². The van der Waals surface area contributed by atoms with Crippen molar-refractivity contribution in [1.82, 2.24) is 0 Å². The third-order valence-electron chi connectivity index (χ3n) is 2.96. The average Bonchev–Trinajstić information content (AvgIpc) is 2.56. The highest BCUT2D eigenvalue weighted by atomic mass is 19.4. The third kappa shape index (κ3) is 6.64. The van der Waals surface area contributed by atoms with Gasteiger partial charge in [0, 0.05) is 6.54 Å². The third-order valence-corrected chi connectivity index (χ3v) is 2.96. The van der Waals surface area contributed by atoms with Crippen LogP contribution < -0.4 is 10.5 Å². The van der Waals surface area contributed by atoms with Gasteiger partial charge in [0.2, 0.25) is 0 Å². The molecule has 0 aliphatic rings. The lowest BCUT2D eigenvalue weighted by molar-refractivity contribution is -0.192. The van der Waals surface area contributed by atoms with E-state index in [0.29, 0.717) is 17.9 Å². The molecule has 134 valence electrons. The number of para-hydroxylation sites is 1. The van der Waals surface area contributed by atoms with E-state index in [4.69, 9.17) is 20.4 Å². The Morgan fingerprint density at radius 2 is 1.60 bits per heavy atom. The average molecular weight is 355 g/mol. The van der Waals surface area contributed by atoms with E-state index >= 15 is 0 Å². The fourth-order valence-electron chi connectivity index (χ4n) is 1.61. The summed E-state index contributed by atoms with van der Waals surface area (Å²) in [5, 5.41) is 7.12. The Morgan fingerprint density at radius 1 is 1.08 bits per heavy atom. The Morgan fingerprint density at radius 3 is 2.04 bits per heavy atom. The lowest BCUT2D eigenvalue weighted by Crippen LogP contribution is -2.21. The van der Waals surface area contributed by atoms with Crippen molar-refractivity contribution in [1.29, 1.82) is 0 Å². The number of esters is 1. The minimum atomic E-state index is -5.08. The van der Waals surface area contributed by atoms with Gasteiger partial charge in [-0.3, -0.25) is 0 Å². The Bertz CT molecular complexity index is 727. The molecule has 0 atom stereocenters. The number of carboxylic acids is 1. The van der Waals surface area contributed by atoms with Gasteiger partial charge in [0.15, 0.2) is 0 Å². The first-order chi connectivity index (χ1) is 11.6. The van der Waals surface area contributed by atoms with Crippen LogP contribution in [0.25, 0.3) is 0 Å². The molecular weight excluding hydrogens is 339 g/mol. The number of benzene rings is 2. The van der Waals surface area contributed by atoms with Crippen LogP contribution in [0.5, 0.6) is 5.75 Å². The SMILES string of the molecule is Cc1ccccc1OC(=O)c1ccc(CN)cc1.O=C(O)C(F)(F)F. The van der Waals surface area contributed by atoms with Gasteiger partial charge in [-0.25, -0.2) is 9.59 Å². The molecule has 5 nitrogen and oxygen atoms in total. The molecule has 0 saturated heterocycles.